The van der Waals surface area contributed by atoms with Crippen molar-refractivity contribution in [1.82, 2.24) is 0 Å². The number of carbonyl (C=O) groups is 2. The first-order valence-electron chi connectivity index (χ1n) is 4.47. The van der Waals surface area contributed by atoms with Crippen LogP contribution in [0.4, 0.5) is 10.1 Å². The van der Waals surface area contributed by atoms with Crippen LogP contribution in [0.5, 0.6) is 0 Å². The Hall–Kier alpha value is -2.17. The number of hydrogen-bond acceptors (Lipinski definition) is 2. The lowest BCUT2D eigenvalue weighted by Crippen LogP contribution is -2.05. The second-order valence-electron chi connectivity index (χ2n) is 3.09. The Morgan fingerprint density at radius 1 is 1.44 bits per heavy atom. The molecule has 0 saturated heterocycles. The van der Waals surface area contributed by atoms with Crippen LogP contribution in [-0.2, 0) is 9.59 Å². The molecule has 1 amide bonds. The number of rotatable bonds is 3. The van der Waals surface area contributed by atoms with Crippen molar-refractivity contribution < 1.29 is 19.1 Å². The Bertz CT molecular complexity index is 455. The molecule has 1 aromatic carbocycles. The molecule has 0 aliphatic heterocycles. The molecule has 0 saturated carbocycles. The first kappa shape index (κ1) is 11.9. The zero-order valence-electron chi connectivity index (χ0n) is 8.53. The second-order valence-corrected chi connectivity index (χ2v) is 3.09. The van der Waals surface area contributed by atoms with Crippen molar-refractivity contribution in [3.8, 4) is 0 Å². The Morgan fingerprint density at radius 3 is 2.69 bits per heavy atom. The minimum Gasteiger partial charge on any atom is -0.478 e. The van der Waals surface area contributed by atoms with Crippen molar-refractivity contribution in [3.63, 3.8) is 0 Å². The zero-order valence-corrected chi connectivity index (χ0v) is 8.53. The van der Waals surface area contributed by atoms with Gasteiger partial charge in [-0.1, -0.05) is 0 Å². The molecule has 4 nitrogen and oxygen atoms in total. The molecule has 0 bridgehead atoms. The Labute approximate surface area is 91.4 Å². The topological polar surface area (TPSA) is 66.4 Å². The highest BCUT2D eigenvalue weighted by Gasteiger charge is 2.02. The Kier molecular flexibility index (Phi) is 3.77. The highest BCUT2D eigenvalue weighted by atomic mass is 19.1. The van der Waals surface area contributed by atoms with E-state index in [2.05, 4.69) is 5.32 Å². The predicted octanol–water partition coefficient (Wildman–Crippen LogP) is 1.88. The summed E-state index contributed by atoms with van der Waals surface area (Å²) in [7, 11) is 0. The summed E-state index contributed by atoms with van der Waals surface area (Å²) in [6.45, 7) is 1.33. The average Bonchev–Trinajstić information content (AvgIpc) is 2.18. The molecule has 1 aromatic rings. The molecule has 0 spiro atoms. The van der Waals surface area contributed by atoms with Crippen molar-refractivity contribution in [2.24, 2.45) is 0 Å². The number of carboxylic acid groups (broad SMARTS) is 1. The summed E-state index contributed by atoms with van der Waals surface area (Å²) in [5.74, 6) is -1.99. The summed E-state index contributed by atoms with van der Waals surface area (Å²) < 4.78 is 13.2. The van der Waals surface area contributed by atoms with Crippen molar-refractivity contribution >= 4 is 23.6 Å². The van der Waals surface area contributed by atoms with Crippen LogP contribution in [0.25, 0.3) is 6.08 Å². The number of aliphatic carboxylic acids is 1. The fourth-order valence-corrected chi connectivity index (χ4v) is 1.11. The SMILES string of the molecule is CC(=O)Nc1ccc(F)c(/C=C/C(=O)O)c1. The predicted molar refractivity (Wildman–Crippen MR) is 57.4 cm³/mol. The summed E-state index contributed by atoms with van der Waals surface area (Å²) in [4.78, 5) is 21.0. The maximum atomic E-state index is 13.2. The van der Waals surface area contributed by atoms with Gasteiger partial charge in [0.25, 0.3) is 0 Å². The summed E-state index contributed by atoms with van der Waals surface area (Å²) in [6.07, 6.45) is 1.96. The van der Waals surface area contributed by atoms with Gasteiger partial charge in [-0.05, 0) is 24.3 Å². The monoisotopic (exact) mass is 223 g/mol. The van der Waals surface area contributed by atoms with Crippen molar-refractivity contribution in [2.75, 3.05) is 5.32 Å². The van der Waals surface area contributed by atoms with E-state index >= 15 is 0 Å². The fraction of sp³-hybridized carbons (Fsp3) is 0.0909. The molecule has 84 valence electrons. The highest BCUT2D eigenvalue weighted by molar-refractivity contribution is 5.89. The maximum Gasteiger partial charge on any atom is 0.328 e. The molecule has 16 heavy (non-hydrogen) atoms. The molecule has 0 aromatic heterocycles. The van der Waals surface area contributed by atoms with Gasteiger partial charge in [0.15, 0.2) is 0 Å². The number of hydrogen-bond donors (Lipinski definition) is 2. The molecule has 2 N–H and O–H groups in total. The third kappa shape index (κ3) is 3.53. The van der Waals surface area contributed by atoms with Crippen LogP contribution in [0.3, 0.4) is 0 Å². The Balaban J connectivity index is 2.99. The van der Waals surface area contributed by atoms with Crippen LogP contribution in [0.1, 0.15) is 12.5 Å². The lowest BCUT2D eigenvalue weighted by molar-refractivity contribution is -0.131. The number of anilines is 1. The van der Waals surface area contributed by atoms with E-state index < -0.39 is 11.8 Å². The van der Waals surface area contributed by atoms with Gasteiger partial charge in [-0.15, -0.1) is 0 Å². The molecule has 0 aliphatic carbocycles. The van der Waals surface area contributed by atoms with Crippen LogP contribution in [-0.4, -0.2) is 17.0 Å². The number of carbonyl (C=O) groups excluding carboxylic acids is 1. The number of nitrogens with one attached hydrogen (secondary N) is 1. The van der Waals surface area contributed by atoms with E-state index in [1.54, 1.807) is 0 Å². The van der Waals surface area contributed by atoms with Crippen molar-refractivity contribution in [1.29, 1.82) is 0 Å². The minimum atomic E-state index is -1.16. The molecule has 1 rings (SSSR count). The highest BCUT2D eigenvalue weighted by Crippen LogP contribution is 2.16. The van der Waals surface area contributed by atoms with Gasteiger partial charge in [0.2, 0.25) is 5.91 Å². The van der Waals surface area contributed by atoms with E-state index in [1.165, 1.54) is 19.1 Å². The summed E-state index contributed by atoms with van der Waals surface area (Å²) >= 11 is 0. The molecular formula is C11H10FNO3. The van der Waals surface area contributed by atoms with Crippen LogP contribution < -0.4 is 5.32 Å². The number of carboxylic acids is 1. The van der Waals surface area contributed by atoms with E-state index in [0.717, 1.165) is 18.2 Å². The minimum absolute atomic E-state index is 0.105. The Morgan fingerprint density at radius 2 is 2.12 bits per heavy atom. The first-order chi connectivity index (χ1) is 7.49. The van der Waals surface area contributed by atoms with Crippen molar-refractivity contribution in [3.05, 3.63) is 35.7 Å². The summed E-state index contributed by atoms with van der Waals surface area (Å²) in [5.41, 5.74) is 0.521. The molecule has 5 heteroatoms. The van der Waals surface area contributed by atoms with E-state index in [1.807, 2.05) is 0 Å². The third-order valence-corrected chi connectivity index (χ3v) is 1.72. The van der Waals surface area contributed by atoms with Gasteiger partial charge in [0.05, 0.1) is 0 Å². The smallest absolute Gasteiger partial charge is 0.328 e. The summed E-state index contributed by atoms with van der Waals surface area (Å²) in [6, 6.07) is 3.91. The zero-order chi connectivity index (χ0) is 12.1. The lowest BCUT2D eigenvalue weighted by atomic mass is 10.1. The quantitative estimate of drug-likeness (QED) is 0.769. The van der Waals surface area contributed by atoms with Crippen molar-refractivity contribution in [2.45, 2.75) is 6.92 Å². The van der Waals surface area contributed by atoms with E-state index in [4.69, 9.17) is 5.11 Å². The van der Waals surface area contributed by atoms with Crippen LogP contribution in [0.2, 0.25) is 0 Å². The molecule has 0 aliphatic rings. The van der Waals surface area contributed by atoms with Crippen LogP contribution in [0.15, 0.2) is 24.3 Å². The third-order valence-electron chi connectivity index (χ3n) is 1.72. The van der Waals surface area contributed by atoms with Gasteiger partial charge in [-0.3, -0.25) is 4.79 Å². The molecule has 0 heterocycles. The summed E-state index contributed by atoms with van der Waals surface area (Å²) in [5, 5.41) is 10.9. The molecule has 0 fully saturated rings. The molecule has 0 unspecified atom stereocenters. The van der Waals surface area contributed by atoms with Gasteiger partial charge in [0, 0.05) is 24.3 Å². The van der Waals surface area contributed by atoms with Crippen LogP contribution >= 0.6 is 0 Å². The number of halogens is 1. The largest absolute Gasteiger partial charge is 0.478 e. The normalized spacial score (nSPS) is 10.4. The van der Waals surface area contributed by atoms with Gasteiger partial charge >= 0.3 is 5.97 Å². The van der Waals surface area contributed by atoms with Crippen LogP contribution in [0, 0.1) is 5.82 Å². The van der Waals surface area contributed by atoms with Gasteiger partial charge in [0.1, 0.15) is 5.82 Å². The van der Waals surface area contributed by atoms with Gasteiger partial charge in [-0.25, -0.2) is 9.18 Å². The average molecular weight is 223 g/mol. The maximum absolute atomic E-state index is 13.2. The van der Waals surface area contributed by atoms with E-state index in [-0.39, 0.29) is 11.5 Å². The van der Waals surface area contributed by atoms with E-state index in [0.29, 0.717) is 5.69 Å². The molecule has 0 atom stereocenters. The standard InChI is InChI=1S/C11H10FNO3/c1-7(14)13-9-3-4-10(12)8(6-9)2-5-11(15)16/h2-6H,1H3,(H,13,14)(H,15,16)/b5-2+. The fourth-order valence-electron chi connectivity index (χ4n) is 1.11. The second kappa shape index (κ2) is 5.06. The number of benzene rings is 1. The molecular weight excluding hydrogens is 213 g/mol. The lowest BCUT2D eigenvalue weighted by Gasteiger charge is -2.03. The first-order valence-corrected chi connectivity index (χ1v) is 4.47. The van der Waals surface area contributed by atoms with E-state index in [9.17, 15) is 14.0 Å². The van der Waals surface area contributed by atoms with Gasteiger partial charge < -0.3 is 10.4 Å². The molecule has 0 radical (unpaired) electrons. The van der Waals surface area contributed by atoms with Gasteiger partial charge in [-0.2, -0.15) is 0 Å². The number of amides is 1.